The third kappa shape index (κ3) is 3.63. The highest BCUT2D eigenvalue weighted by molar-refractivity contribution is 7.17. The number of benzene rings is 1. The summed E-state index contributed by atoms with van der Waals surface area (Å²) in [6.45, 7) is 3.17. The number of nitrogens with zero attached hydrogens (tertiary/aromatic N) is 4. The van der Waals surface area contributed by atoms with E-state index in [1.807, 2.05) is 17.8 Å². The zero-order chi connectivity index (χ0) is 19.5. The quantitative estimate of drug-likeness (QED) is 0.504. The average Bonchev–Trinajstić information content (AvgIpc) is 3.30. The Morgan fingerprint density at radius 3 is 2.75 bits per heavy atom. The van der Waals surface area contributed by atoms with Gasteiger partial charge in [0, 0.05) is 43.4 Å². The number of hydrogen-bond donors (Lipinski definition) is 1. The number of rotatable bonds is 7. The molecule has 0 amide bonds. The van der Waals surface area contributed by atoms with Gasteiger partial charge in [-0.3, -0.25) is 4.68 Å². The predicted molar refractivity (Wildman–Crippen MR) is 113 cm³/mol. The molecule has 28 heavy (non-hydrogen) atoms. The molecule has 6 nitrogen and oxygen atoms in total. The van der Waals surface area contributed by atoms with Crippen molar-refractivity contribution in [3.63, 3.8) is 0 Å². The zero-order valence-electron chi connectivity index (χ0n) is 16.3. The molecule has 1 N–H and O–H groups in total. The second kappa shape index (κ2) is 8.08. The van der Waals surface area contributed by atoms with Gasteiger partial charge < -0.3 is 10.1 Å². The molecule has 0 aliphatic rings. The van der Waals surface area contributed by atoms with E-state index in [-0.39, 0.29) is 0 Å². The Kier molecular flexibility index (Phi) is 5.36. The van der Waals surface area contributed by atoms with Crippen LogP contribution in [0, 0.1) is 0 Å². The molecule has 3 heterocycles. The van der Waals surface area contributed by atoms with E-state index in [1.54, 1.807) is 18.4 Å². The first-order valence-electron chi connectivity index (χ1n) is 9.27. The van der Waals surface area contributed by atoms with Gasteiger partial charge in [0.2, 0.25) is 0 Å². The van der Waals surface area contributed by atoms with Crippen molar-refractivity contribution < 1.29 is 4.74 Å². The van der Waals surface area contributed by atoms with Crippen molar-refractivity contribution in [2.24, 2.45) is 7.05 Å². The molecule has 1 aromatic carbocycles. The molecule has 0 spiro atoms. The highest BCUT2D eigenvalue weighted by Crippen LogP contribution is 2.37. The van der Waals surface area contributed by atoms with Crippen molar-refractivity contribution in [3.05, 3.63) is 59.0 Å². The first kappa shape index (κ1) is 18.6. The fourth-order valence-electron chi connectivity index (χ4n) is 3.35. The number of anilines is 1. The van der Waals surface area contributed by atoms with Gasteiger partial charge in [0.05, 0.1) is 11.1 Å². The Hall–Kier alpha value is -2.77. The van der Waals surface area contributed by atoms with Crippen molar-refractivity contribution in [1.82, 2.24) is 19.7 Å². The fraction of sp³-hybridized carbons (Fsp3) is 0.286. The molecule has 0 saturated carbocycles. The standard InChI is InChI=1S/C21H23N5OS/c1-4-17-15(11-26(2)25-17)10-22-20-19-16(14-8-6-5-7-9-14)13-28-21(19)24-18(23-20)12-27-3/h5-9,11,13H,4,10,12H2,1-3H3,(H,22,23,24). The van der Waals surface area contributed by atoms with Gasteiger partial charge in [-0.1, -0.05) is 37.3 Å². The van der Waals surface area contributed by atoms with Gasteiger partial charge in [0.15, 0.2) is 5.82 Å². The maximum absolute atomic E-state index is 5.26. The van der Waals surface area contributed by atoms with E-state index >= 15 is 0 Å². The van der Waals surface area contributed by atoms with Crippen LogP contribution in [0.25, 0.3) is 21.3 Å². The van der Waals surface area contributed by atoms with Crippen LogP contribution in [-0.4, -0.2) is 26.9 Å². The average molecular weight is 394 g/mol. The van der Waals surface area contributed by atoms with Crippen molar-refractivity contribution in [1.29, 1.82) is 0 Å². The van der Waals surface area contributed by atoms with E-state index in [0.29, 0.717) is 19.0 Å². The van der Waals surface area contributed by atoms with Gasteiger partial charge in [0.1, 0.15) is 17.3 Å². The number of methoxy groups -OCH3 is 1. The van der Waals surface area contributed by atoms with Crippen LogP contribution in [0.3, 0.4) is 0 Å². The van der Waals surface area contributed by atoms with Gasteiger partial charge in [-0.2, -0.15) is 5.10 Å². The van der Waals surface area contributed by atoms with Gasteiger partial charge in [-0.25, -0.2) is 9.97 Å². The number of ether oxygens (including phenoxy) is 1. The molecule has 0 radical (unpaired) electrons. The SMILES string of the molecule is CCc1nn(C)cc1CNc1nc(COC)nc2scc(-c3ccccc3)c12. The lowest BCUT2D eigenvalue weighted by Gasteiger charge is -2.10. The number of fused-ring (bicyclic) bond motifs is 1. The van der Waals surface area contributed by atoms with Gasteiger partial charge in [-0.15, -0.1) is 11.3 Å². The summed E-state index contributed by atoms with van der Waals surface area (Å²) in [4.78, 5) is 10.4. The molecule has 0 aliphatic heterocycles. The van der Waals surface area contributed by atoms with E-state index in [2.05, 4.69) is 53.2 Å². The predicted octanol–water partition coefficient (Wildman–Crippen LogP) is 4.41. The van der Waals surface area contributed by atoms with Crippen molar-refractivity contribution in [2.45, 2.75) is 26.5 Å². The third-order valence-corrected chi connectivity index (χ3v) is 5.48. The summed E-state index contributed by atoms with van der Waals surface area (Å²) in [5.41, 5.74) is 4.59. The second-order valence-corrected chi connectivity index (χ2v) is 7.46. The van der Waals surface area contributed by atoms with Gasteiger partial charge in [0.25, 0.3) is 0 Å². The largest absolute Gasteiger partial charge is 0.377 e. The summed E-state index contributed by atoms with van der Waals surface area (Å²) >= 11 is 1.63. The second-order valence-electron chi connectivity index (χ2n) is 6.60. The Morgan fingerprint density at radius 2 is 2.00 bits per heavy atom. The van der Waals surface area contributed by atoms with Crippen LogP contribution in [-0.2, 0) is 31.4 Å². The monoisotopic (exact) mass is 393 g/mol. The molecule has 0 aliphatic carbocycles. The molecule has 0 saturated heterocycles. The number of hydrogen-bond acceptors (Lipinski definition) is 6. The lowest BCUT2D eigenvalue weighted by molar-refractivity contribution is 0.178. The van der Waals surface area contributed by atoms with Crippen LogP contribution in [0.4, 0.5) is 5.82 Å². The molecule has 7 heteroatoms. The number of nitrogens with one attached hydrogen (secondary N) is 1. The first-order valence-corrected chi connectivity index (χ1v) is 10.1. The van der Waals surface area contributed by atoms with Crippen LogP contribution < -0.4 is 5.32 Å². The smallest absolute Gasteiger partial charge is 0.158 e. The maximum Gasteiger partial charge on any atom is 0.158 e. The van der Waals surface area contributed by atoms with Crippen LogP contribution in [0.1, 0.15) is 24.0 Å². The van der Waals surface area contributed by atoms with Crippen molar-refractivity contribution in [2.75, 3.05) is 12.4 Å². The maximum atomic E-state index is 5.26. The molecule has 3 aromatic heterocycles. The zero-order valence-corrected chi connectivity index (χ0v) is 17.1. The molecular formula is C21H23N5OS. The molecular weight excluding hydrogens is 370 g/mol. The lowest BCUT2D eigenvalue weighted by atomic mass is 10.1. The van der Waals surface area contributed by atoms with Crippen LogP contribution in [0.2, 0.25) is 0 Å². The third-order valence-electron chi connectivity index (χ3n) is 4.61. The Morgan fingerprint density at radius 1 is 1.18 bits per heavy atom. The summed E-state index contributed by atoms with van der Waals surface area (Å²) in [5, 5.41) is 11.3. The van der Waals surface area contributed by atoms with E-state index in [1.165, 1.54) is 5.56 Å². The minimum Gasteiger partial charge on any atom is -0.377 e. The normalized spacial score (nSPS) is 11.2. The topological polar surface area (TPSA) is 64.9 Å². The molecule has 144 valence electrons. The van der Waals surface area contributed by atoms with Crippen molar-refractivity contribution >= 4 is 27.4 Å². The number of thiophene rings is 1. The van der Waals surface area contributed by atoms with Crippen LogP contribution in [0.5, 0.6) is 0 Å². The van der Waals surface area contributed by atoms with E-state index in [0.717, 1.165) is 39.3 Å². The number of aryl methyl sites for hydroxylation is 2. The molecule has 0 unspecified atom stereocenters. The van der Waals surface area contributed by atoms with Crippen LogP contribution >= 0.6 is 11.3 Å². The molecule has 4 rings (SSSR count). The van der Waals surface area contributed by atoms with E-state index in [4.69, 9.17) is 14.7 Å². The van der Waals surface area contributed by atoms with Crippen molar-refractivity contribution in [3.8, 4) is 11.1 Å². The molecule has 0 bridgehead atoms. The van der Waals surface area contributed by atoms with Gasteiger partial charge >= 0.3 is 0 Å². The highest BCUT2D eigenvalue weighted by atomic mass is 32.1. The summed E-state index contributed by atoms with van der Waals surface area (Å²) in [7, 11) is 3.61. The van der Waals surface area contributed by atoms with E-state index in [9.17, 15) is 0 Å². The fourth-order valence-corrected chi connectivity index (χ4v) is 4.31. The summed E-state index contributed by atoms with van der Waals surface area (Å²) in [6, 6.07) is 10.4. The minimum absolute atomic E-state index is 0.385. The molecule has 4 aromatic rings. The Labute approximate surface area is 168 Å². The van der Waals surface area contributed by atoms with Crippen LogP contribution in [0.15, 0.2) is 41.9 Å². The van der Waals surface area contributed by atoms with E-state index < -0.39 is 0 Å². The molecule has 0 atom stereocenters. The highest BCUT2D eigenvalue weighted by Gasteiger charge is 2.16. The summed E-state index contributed by atoms with van der Waals surface area (Å²) in [5.74, 6) is 1.52. The Balaban J connectivity index is 1.76. The Bertz CT molecular complexity index is 1090. The lowest BCUT2D eigenvalue weighted by Crippen LogP contribution is -2.06. The summed E-state index contributed by atoms with van der Waals surface area (Å²) < 4.78 is 7.13. The first-order chi connectivity index (χ1) is 13.7. The van der Waals surface area contributed by atoms with Gasteiger partial charge in [-0.05, 0) is 12.0 Å². The molecule has 0 fully saturated rings. The number of aromatic nitrogens is 4. The minimum atomic E-state index is 0.385. The summed E-state index contributed by atoms with van der Waals surface area (Å²) in [6.07, 6.45) is 2.96.